The number of ether oxygens (including phenoxy) is 1. The molecule has 32 heavy (non-hydrogen) atoms. The van der Waals surface area contributed by atoms with Gasteiger partial charge >= 0.3 is 0 Å². The quantitative estimate of drug-likeness (QED) is 0.290. The van der Waals surface area contributed by atoms with Crippen LogP contribution in [-0.2, 0) is 24.7 Å². The Morgan fingerprint density at radius 2 is 1.62 bits per heavy atom. The minimum Gasteiger partial charge on any atom is -0.492 e. The molecule has 2 rings (SSSR count). The van der Waals surface area contributed by atoms with Crippen LogP contribution in [0, 0.1) is 0 Å². The predicted molar refractivity (Wildman–Crippen MR) is 128 cm³/mol. The van der Waals surface area contributed by atoms with Gasteiger partial charge in [0.05, 0.1) is 12.0 Å². The zero-order chi connectivity index (χ0) is 23.7. The molecule has 0 aliphatic heterocycles. The standard InChI is InChI=1S/C21H32N4O5S2/c1-23-13-6-16-32(28,29)21(22,18-7-4-3-5-8-18)17-24-14-15-30-20-11-9-19(10-12-20)25-31(2,26)27/h3-5,7-12,23-25H,6,13-17,22H2,1-2H3. The van der Waals surface area contributed by atoms with Gasteiger partial charge in [0.2, 0.25) is 10.0 Å². The second-order valence-electron chi connectivity index (χ2n) is 7.46. The molecule has 2 aromatic rings. The van der Waals surface area contributed by atoms with Crippen molar-refractivity contribution in [2.75, 3.05) is 50.0 Å². The Morgan fingerprint density at radius 3 is 2.22 bits per heavy atom. The van der Waals surface area contributed by atoms with Crippen molar-refractivity contribution in [3.63, 3.8) is 0 Å². The molecule has 0 bridgehead atoms. The summed E-state index contributed by atoms with van der Waals surface area (Å²) in [4.78, 5) is -1.55. The van der Waals surface area contributed by atoms with Gasteiger partial charge in [0.1, 0.15) is 12.4 Å². The van der Waals surface area contributed by atoms with Gasteiger partial charge in [0.25, 0.3) is 0 Å². The van der Waals surface area contributed by atoms with E-state index in [1.54, 1.807) is 55.6 Å². The molecule has 0 radical (unpaired) electrons. The Bertz CT molecular complexity index is 1050. The number of sulfone groups is 1. The molecule has 0 amide bonds. The number of nitrogens with two attached hydrogens (primary N) is 1. The van der Waals surface area contributed by atoms with E-state index in [2.05, 4.69) is 15.4 Å². The smallest absolute Gasteiger partial charge is 0.229 e. The van der Waals surface area contributed by atoms with Crippen molar-refractivity contribution < 1.29 is 21.6 Å². The maximum atomic E-state index is 13.1. The maximum absolute atomic E-state index is 13.1. The first-order chi connectivity index (χ1) is 15.1. The third-order valence-electron chi connectivity index (χ3n) is 4.75. The topological polar surface area (TPSA) is 140 Å². The Morgan fingerprint density at radius 1 is 0.969 bits per heavy atom. The lowest BCUT2D eigenvalue weighted by atomic mass is 10.1. The molecular formula is C21H32N4O5S2. The van der Waals surface area contributed by atoms with Gasteiger partial charge in [-0.2, -0.15) is 0 Å². The van der Waals surface area contributed by atoms with E-state index < -0.39 is 24.7 Å². The lowest BCUT2D eigenvalue weighted by Gasteiger charge is -2.30. The monoisotopic (exact) mass is 484 g/mol. The van der Waals surface area contributed by atoms with Crippen molar-refractivity contribution in [3.05, 3.63) is 60.2 Å². The highest BCUT2D eigenvalue weighted by molar-refractivity contribution is 7.92. The predicted octanol–water partition coefficient (Wildman–Crippen LogP) is 0.863. The number of benzene rings is 2. The maximum Gasteiger partial charge on any atom is 0.229 e. The normalized spacial score (nSPS) is 14.0. The van der Waals surface area contributed by atoms with Crippen LogP contribution in [0.25, 0.3) is 0 Å². The first kappa shape index (κ1) is 26.1. The van der Waals surface area contributed by atoms with Crippen LogP contribution in [-0.4, -0.2) is 62.1 Å². The molecule has 0 saturated carbocycles. The van der Waals surface area contributed by atoms with Gasteiger partial charge in [0.15, 0.2) is 14.7 Å². The lowest BCUT2D eigenvalue weighted by molar-refractivity contribution is 0.310. The van der Waals surface area contributed by atoms with Crippen molar-refractivity contribution >= 4 is 25.5 Å². The average molecular weight is 485 g/mol. The fourth-order valence-corrected chi connectivity index (χ4v) is 5.35. The first-order valence-corrected chi connectivity index (χ1v) is 13.7. The van der Waals surface area contributed by atoms with Crippen LogP contribution in [0.4, 0.5) is 5.69 Å². The van der Waals surface area contributed by atoms with E-state index in [0.717, 1.165) is 6.26 Å². The molecule has 0 saturated heterocycles. The number of sulfonamides is 1. The Balaban J connectivity index is 1.94. The van der Waals surface area contributed by atoms with Gasteiger partial charge in [-0.25, -0.2) is 16.8 Å². The Hall–Kier alpha value is -2.18. The third-order valence-corrected chi connectivity index (χ3v) is 7.67. The molecule has 1 atom stereocenters. The zero-order valence-electron chi connectivity index (χ0n) is 18.4. The zero-order valence-corrected chi connectivity index (χ0v) is 20.0. The number of hydrogen-bond donors (Lipinski definition) is 4. The molecule has 178 valence electrons. The number of anilines is 1. The summed E-state index contributed by atoms with van der Waals surface area (Å²) >= 11 is 0. The summed E-state index contributed by atoms with van der Waals surface area (Å²) < 4.78 is 56.7. The SMILES string of the molecule is CNCCCS(=O)(=O)C(N)(CNCCOc1ccc(NS(C)(=O)=O)cc1)c1ccccc1. The van der Waals surface area contributed by atoms with Gasteiger partial charge in [-0.3, -0.25) is 4.72 Å². The van der Waals surface area contributed by atoms with E-state index in [1.807, 2.05) is 6.07 Å². The van der Waals surface area contributed by atoms with Crippen LogP contribution in [0.5, 0.6) is 5.75 Å². The first-order valence-electron chi connectivity index (χ1n) is 10.2. The summed E-state index contributed by atoms with van der Waals surface area (Å²) in [5.74, 6) is 0.540. The summed E-state index contributed by atoms with van der Waals surface area (Å²) in [6, 6.07) is 15.3. The molecule has 0 fully saturated rings. The van der Waals surface area contributed by atoms with Crippen molar-refractivity contribution in [2.24, 2.45) is 5.73 Å². The van der Waals surface area contributed by atoms with Crippen LogP contribution in [0.2, 0.25) is 0 Å². The molecule has 9 nitrogen and oxygen atoms in total. The molecule has 1 unspecified atom stereocenters. The minimum atomic E-state index is -3.63. The van der Waals surface area contributed by atoms with Crippen LogP contribution in [0.15, 0.2) is 54.6 Å². The Labute approximate surface area is 190 Å². The largest absolute Gasteiger partial charge is 0.492 e. The van der Waals surface area contributed by atoms with Crippen molar-refractivity contribution in [1.82, 2.24) is 10.6 Å². The van der Waals surface area contributed by atoms with Crippen molar-refractivity contribution in [2.45, 2.75) is 11.3 Å². The van der Waals surface area contributed by atoms with E-state index in [9.17, 15) is 16.8 Å². The molecule has 5 N–H and O–H groups in total. The van der Waals surface area contributed by atoms with Crippen LogP contribution in [0.1, 0.15) is 12.0 Å². The van der Waals surface area contributed by atoms with Crippen LogP contribution >= 0.6 is 0 Å². The fraction of sp³-hybridized carbons (Fsp3) is 0.429. The lowest BCUT2D eigenvalue weighted by Crippen LogP contribution is -2.53. The molecule has 0 spiro atoms. The number of hydrogen-bond acceptors (Lipinski definition) is 8. The summed E-state index contributed by atoms with van der Waals surface area (Å²) in [6.07, 6.45) is 1.55. The average Bonchev–Trinajstić information content (AvgIpc) is 2.74. The van der Waals surface area contributed by atoms with Gasteiger partial charge in [-0.1, -0.05) is 30.3 Å². The molecule has 2 aromatic carbocycles. The highest BCUT2D eigenvalue weighted by atomic mass is 32.2. The van der Waals surface area contributed by atoms with Crippen molar-refractivity contribution in [3.8, 4) is 5.75 Å². The van der Waals surface area contributed by atoms with Crippen LogP contribution in [0.3, 0.4) is 0 Å². The van der Waals surface area contributed by atoms with E-state index >= 15 is 0 Å². The van der Waals surface area contributed by atoms with Gasteiger partial charge < -0.3 is 21.1 Å². The molecule has 0 aliphatic rings. The highest BCUT2D eigenvalue weighted by Gasteiger charge is 2.40. The summed E-state index contributed by atoms with van der Waals surface area (Å²) in [6.45, 7) is 1.29. The molecular weight excluding hydrogens is 452 g/mol. The minimum absolute atomic E-state index is 0.0225. The van der Waals surface area contributed by atoms with Crippen molar-refractivity contribution in [1.29, 1.82) is 0 Å². The third kappa shape index (κ3) is 7.75. The highest BCUT2D eigenvalue weighted by Crippen LogP contribution is 2.25. The number of nitrogens with one attached hydrogen (secondary N) is 3. The molecule has 0 aromatic heterocycles. The molecule has 11 heteroatoms. The van der Waals surface area contributed by atoms with E-state index in [0.29, 0.717) is 36.5 Å². The Kier molecular flexibility index (Phi) is 9.47. The second kappa shape index (κ2) is 11.6. The van der Waals surface area contributed by atoms with E-state index in [1.165, 1.54) is 0 Å². The van der Waals surface area contributed by atoms with E-state index in [-0.39, 0.29) is 18.9 Å². The van der Waals surface area contributed by atoms with Gasteiger partial charge in [-0.05, 0) is 49.8 Å². The summed E-state index contributed by atoms with van der Waals surface area (Å²) in [5, 5.41) is 6.05. The van der Waals surface area contributed by atoms with Crippen LogP contribution < -0.4 is 25.8 Å². The fourth-order valence-electron chi connectivity index (χ4n) is 3.08. The summed E-state index contributed by atoms with van der Waals surface area (Å²) in [7, 11) is -5.19. The molecule has 0 heterocycles. The number of rotatable bonds is 14. The van der Waals surface area contributed by atoms with Gasteiger partial charge in [0, 0.05) is 18.8 Å². The summed E-state index contributed by atoms with van der Waals surface area (Å²) in [5.41, 5.74) is 7.45. The molecule has 0 aliphatic carbocycles. The second-order valence-corrected chi connectivity index (χ2v) is 11.6. The van der Waals surface area contributed by atoms with Gasteiger partial charge in [-0.15, -0.1) is 0 Å². The van der Waals surface area contributed by atoms with E-state index in [4.69, 9.17) is 10.5 Å².